The fraction of sp³-hybridized carbons (Fsp3) is 0.381. The summed E-state index contributed by atoms with van der Waals surface area (Å²) >= 11 is 0. The molecule has 1 aromatic carbocycles. The molecule has 2 aromatic rings. The van der Waals surface area contributed by atoms with Gasteiger partial charge in [-0.15, -0.1) is 0 Å². The number of aromatic amines is 1. The Bertz CT molecular complexity index is 1170. The van der Waals surface area contributed by atoms with E-state index in [1.165, 1.54) is 16.6 Å². The topological polar surface area (TPSA) is 152 Å². The number of nitrogens with one attached hydrogen (secondary N) is 2. The number of para-hydroxylation sites is 1. The van der Waals surface area contributed by atoms with Gasteiger partial charge in [0.2, 0.25) is 5.91 Å². The molecule has 11 heteroatoms. The van der Waals surface area contributed by atoms with Gasteiger partial charge in [0, 0.05) is 24.9 Å². The predicted molar refractivity (Wildman–Crippen MR) is 120 cm³/mol. The van der Waals surface area contributed by atoms with Crippen molar-refractivity contribution in [2.24, 2.45) is 5.10 Å². The van der Waals surface area contributed by atoms with E-state index < -0.39 is 17.2 Å². The summed E-state index contributed by atoms with van der Waals surface area (Å²) in [5, 5.41) is 3.86. The molecule has 0 saturated carbocycles. The lowest BCUT2D eigenvalue weighted by Crippen LogP contribution is -2.45. The van der Waals surface area contributed by atoms with Gasteiger partial charge < -0.3 is 10.5 Å². The molecule has 0 radical (unpaired) electrons. The number of carbonyl (C=O) groups is 2. The van der Waals surface area contributed by atoms with E-state index in [2.05, 4.69) is 15.5 Å². The molecule has 0 saturated heterocycles. The van der Waals surface area contributed by atoms with Crippen LogP contribution in [0.15, 0.2) is 39.0 Å². The highest BCUT2D eigenvalue weighted by Crippen LogP contribution is 2.25. The van der Waals surface area contributed by atoms with E-state index in [-0.39, 0.29) is 42.5 Å². The summed E-state index contributed by atoms with van der Waals surface area (Å²) in [5.41, 5.74) is 7.64. The number of carbonyl (C=O) groups excluding carboxylic acids is 2. The summed E-state index contributed by atoms with van der Waals surface area (Å²) in [6, 6.07) is 7.03. The largest absolute Gasteiger partial charge is 0.496 e. The molecule has 170 valence electrons. The standard InChI is InChI=1S/C21H26N6O5/c1-3-4-11-26-18(22)17(19(29)23-21(26)31)27(12-13-7-5-6-8-15(13)32-2)20(30)14-9-10-16(28)25-24-14/h5-8H,3-4,9-12,22H2,1-2H3,(H,25,28)(H,23,29,31). The minimum atomic E-state index is -0.788. The molecule has 11 nitrogen and oxygen atoms in total. The Morgan fingerprint density at radius 2 is 2.00 bits per heavy atom. The molecule has 0 bridgehead atoms. The highest BCUT2D eigenvalue weighted by Gasteiger charge is 2.30. The van der Waals surface area contributed by atoms with Crippen LogP contribution in [-0.2, 0) is 22.7 Å². The molecule has 0 spiro atoms. The van der Waals surface area contributed by atoms with Gasteiger partial charge in [-0.2, -0.15) is 5.10 Å². The number of aromatic nitrogens is 2. The molecule has 0 aliphatic carbocycles. The number of hydrazone groups is 1. The molecule has 4 N–H and O–H groups in total. The average molecular weight is 442 g/mol. The number of nitrogen functional groups attached to an aromatic ring is 1. The van der Waals surface area contributed by atoms with E-state index in [0.29, 0.717) is 24.3 Å². The van der Waals surface area contributed by atoms with Crippen molar-refractivity contribution in [1.82, 2.24) is 15.0 Å². The fourth-order valence-electron chi connectivity index (χ4n) is 3.42. The molecule has 1 aliphatic heterocycles. The number of hydrogen-bond donors (Lipinski definition) is 3. The molecule has 2 amide bonds. The number of H-pyrrole nitrogens is 1. The molecule has 1 aliphatic rings. The highest BCUT2D eigenvalue weighted by molar-refractivity contribution is 6.44. The molecule has 0 fully saturated rings. The summed E-state index contributed by atoms with van der Waals surface area (Å²) in [6.07, 6.45) is 1.67. The molecule has 1 aromatic heterocycles. The molecule has 3 rings (SSSR count). The Kier molecular flexibility index (Phi) is 7.08. The number of amides is 2. The van der Waals surface area contributed by atoms with Crippen molar-refractivity contribution >= 4 is 29.0 Å². The first kappa shape index (κ1) is 22.8. The first-order valence-corrected chi connectivity index (χ1v) is 10.3. The van der Waals surface area contributed by atoms with Crippen molar-refractivity contribution < 1.29 is 14.3 Å². The molecule has 0 unspecified atom stereocenters. The van der Waals surface area contributed by atoms with Gasteiger partial charge in [0.05, 0.1) is 13.7 Å². The lowest BCUT2D eigenvalue weighted by atomic mass is 10.1. The molecule has 2 heterocycles. The van der Waals surface area contributed by atoms with Crippen molar-refractivity contribution in [2.45, 2.75) is 45.7 Å². The van der Waals surface area contributed by atoms with Crippen LogP contribution in [0.1, 0.15) is 38.2 Å². The number of unbranched alkanes of at least 4 members (excludes halogenated alkanes) is 1. The van der Waals surface area contributed by atoms with Gasteiger partial charge in [-0.05, 0) is 12.5 Å². The van der Waals surface area contributed by atoms with Crippen LogP contribution >= 0.6 is 0 Å². The predicted octanol–water partition coefficient (Wildman–Crippen LogP) is 0.727. The lowest BCUT2D eigenvalue weighted by Gasteiger charge is -2.26. The quantitative estimate of drug-likeness (QED) is 0.548. The second-order valence-electron chi connectivity index (χ2n) is 7.29. The Morgan fingerprint density at radius 1 is 1.25 bits per heavy atom. The van der Waals surface area contributed by atoms with Crippen LogP contribution < -0.4 is 32.0 Å². The first-order valence-electron chi connectivity index (χ1n) is 10.3. The van der Waals surface area contributed by atoms with Gasteiger partial charge in [0.1, 0.15) is 17.3 Å². The van der Waals surface area contributed by atoms with Crippen LogP contribution in [0.25, 0.3) is 0 Å². The van der Waals surface area contributed by atoms with Crippen molar-refractivity contribution in [3.05, 3.63) is 50.7 Å². The van der Waals surface area contributed by atoms with Crippen molar-refractivity contribution in [1.29, 1.82) is 0 Å². The van der Waals surface area contributed by atoms with Crippen molar-refractivity contribution in [3.8, 4) is 5.75 Å². The molecular weight excluding hydrogens is 416 g/mol. The van der Waals surface area contributed by atoms with Gasteiger partial charge in [-0.25, -0.2) is 10.2 Å². The molecule has 0 atom stereocenters. The minimum absolute atomic E-state index is 0.0604. The van der Waals surface area contributed by atoms with Gasteiger partial charge in [0.25, 0.3) is 11.5 Å². The number of hydrogen-bond acceptors (Lipinski definition) is 7. The maximum atomic E-state index is 13.4. The number of methoxy groups -OCH3 is 1. The second kappa shape index (κ2) is 9.94. The fourth-order valence-corrected chi connectivity index (χ4v) is 3.42. The second-order valence-corrected chi connectivity index (χ2v) is 7.29. The molecular formula is C21H26N6O5. The van der Waals surface area contributed by atoms with E-state index in [9.17, 15) is 19.2 Å². The van der Waals surface area contributed by atoms with Crippen LogP contribution in [0.4, 0.5) is 11.5 Å². The van der Waals surface area contributed by atoms with Crippen LogP contribution in [-0.4, -0.2) is 34.2 Å². The van der Waals surface area contributed by atoms with Crippen LogP contribution in [0.3, 0.4) is 0 Å². The SMILES string of the molecule is CCCCn1c(N)c(N(Cc2ccccc2OC)C(=O)C2=NNC(=O)CC2)c(=O)[nH]c1=O. The van der Waals surface area contributed by atoms with E-state index in [1.54, 1.807) is 24.3 Å². The van der Waals surface area contributed by atoms with E-state index in [0.717, 1.165) is 6.42 Å². The number of benzene rings is 1. The Labute approximate surface area is 183 Å². The van der Waals surface area contributed by atoms with Crippen molar-refractivity contribution in [2.75, 3.05) is 17.7 Å². The first-order chi connectivity index (χ1) is 15.4. The van der Waals surface area contributed by atoms with Gasteiger partial charge in [-0.1, -0.05) is 31.5 Å². The zero-order valence-corrected chi connectivity index (χ0v) is 18.0. The maximum Gasteiger partial charge on any atom is 0.330 e. The normalized spacial score (nSPS) is 13.3. The summed E-state index contributed by atoms with van der Waals surface area (Å²) in [6.45, 7) is 2.19. The van der Waals surface area contributed by atoms with E-state index in [4.69, 9.17) is 10.5 Å². The highest BCUT2D eigenvalue weighted by atomic mass is 16.5. The Hall–Kier alpha value is -3.89. The zero-order chi connectivity index (χ0) is 23.3. The van der Waals surface area contributed by atoms with E-state index in [1.807, 2.05) is 6.92 Å². The van der Waals surface area contributed by atoms with Crippen LogP contribution in [0.5, 0.6) is 5.75 Å². The van der Waals surface area contributed by atoms with Crippen LogP contribution in [0, 0.1) is 0 Å². The summed E-state index contributed by atoms with van der Waals surface area (Å²) in [4.78, 5) is 53.5. The number of ether oxygens (including phenoxy) is 1. The number of anilines is 2. The third-order valence-corrected chi connectivity index (χ3v) is 5.14. The van der Waals surface area contributed by atoms with Gasteiger partial charge >= 0.3 is 5.69 Å². The maximum absolute atomic E-state index is 13.4. The number of rotatable bonds is 8. The lowest BCUT2D eigenvalue weighted by molar-refractivity contribution is -0.121. The summed E-state index contributed by atoms with van der Waals surface area (Å²) in [5.74, 6) is -0.508. The molecule has 32 heavy (non-hydrogen) atoms. The van der Waals surface area contributed by atoms with Gasteiger partial charge in [-0.3, -0.25) is 28.8 Å². The van der Waals surface area contributed by atoms with Crippen molar-refractivity contribution in [3.63, 3.8) is 0 Å². The summed E-state index contributed by atoms with van der Waals surface area (Å²) in [7, 11) is 1.50. The third-order valence-electron chi connectivity index (χ3n) is 5.14. The average Bonchev–Trinajstić information content (AvgIpc) is 2.78. The monoisotopic (exact) mass is 442 g/mol. The smallest absolute Gasteiger partial charge is 0.330 e. The van der Waals surface area contributed by atoms with Gasteiger partial charge in [0.15, 0.2) is 5.69 Å². The number of nitrogens with zero attached hydrogens (tertiary/aromatic N) is 3. The van der Waals surface area contributed by atoms with E-state index >= 15 is 0 Å². The Balaban J connectivity index is 2.14. The minimum Gasteiger partial charge on any atom is -0.496 e. The Morgan fingerprint density at radius 3 is 2.66 bits per heavy atom. The summed E-state index contributed by atoms with van der Waals surface area (Å²) < 4.78 is 6.62. The number of nitrogens with two attached hydrogens (primary N) is 1. The van der Waals surface area contributed by atoms with Crippen LogP contribution in [0.2, 0.25) is 0 Å². The zero-order valence-electron chi connectivity index (χ0n) is 18.0. The third kappa shape index (κ3) is 4.71.